The highest BCUT2D eigenvalue weighted by Gasteiger charge is 2.48. The summed E-state index contributed by atoms with van der Waals surface area (Å²) in [4.78, 5) is 23.3. The van der Waals surface area contributed by atoms with E-state index in [1.807, 2.05) is 0 Å². The third kappa shape index (κ3) is 3.43. The monoisotopic (exact) mass is 413 g/mol. The van der Waals surface area contributed by atoms with Crippen LogP contribution in [0.15, 0.2) is 29.3 Å². The number of anilines is 3. The number of ether oxygens (including phenoxy) is 1. The minimum atomic E-state index is -4.56. The number of halogens is 4. The van der Waals surface area contributed by atoms with Gasteiger partial charge in [-0.3, -0.25) is 19.2 Å². The molecule has 1 saturated heterocycles. The minimum Gasteiger partial charge on any atom is -0.377 e. The van der Waals surface area contributed by atoms with Gasteiger partial charge in [-0.25, -0.2) is 0 Å². The zero-order valence-electron chi connectivity index (χ0n) is 15.6. The lowest BCUT2D eigenvalue weighted by Crippen LogP contribution is -2.51. The summed E-state index contributed by atoms with van der Waals surface area (Å²) in [7, 11) is 0. The van der Waals surface area contributed by atoms with Gasteiger partial charge in [0.05, 0.1) is 19.3 Å². The van der Waals surface area contributed by atoms with Crippen LogP contribution in [-0.2, 0) is 11.3 Å². The SMILES string of the molecule is CC1COCCN1c1nc2n(c(=O)c1F)CCC(C(F)(F)F)N2c1ccncc1. The van der Waals surface area contributed by atoms with Crippen LogP contribution in [0.2, 0.25) is 0 Å². The van der Waals surface area contributed by atoms with Gasteiger partial charge < -0.3 is 9.64 Å². The average Bonchev–Trinajstić information content (AvgIpc) is 2.70. The molecule has 1 fully saturated rings. The summed E-state index contributed by atoms with van der Waals surface area (Å²) in [5, 5.41) is 0. The topological polar surface area (TPSA) is 63.5 Å². The Labute approximate surface area is 163 Å². The lowest BCUT2D eigenvalue weighted by Gasteiger charge is -2.40. The van der Waals surface area contributed by atoms with E-state index in [9.17, 15) is 22.4 Å². The number of pyridine rings is 1. The van der Waals surface area contributed by atoms with Crippen molar-refractivity contribution in [2.45, 2.75) is 38.1 Å². The van der Waals surface area contributed by atoms with Crippen molar-refractivity contribution < 1.29 is 22.3 Å². The molecule has 2 aliphatic heterocycles. The lowest BCUT2D eigenvalue weighted by molar-refractivity contribution is -0.150. The van der Waals surface area contributed by atoms with Gasteiger partial charge in [-0.1, -0.05) is 0 Å². The number of alkyl halides is 3. The number of fused-ring (bicyclic) bond motifs is 1. The van der Waals surface area contributed by atoms with Gasteiger partial charge in [-0.05, 0) is 25.5 Å². The van der Waals surface area contributed by atoms with E-state index in [0.29, 0.717) is 13.2 Å². The molecule has 4 heterocycles. The maximum Gasteiger partial charge on any atom is 0.409 e. The summed E-state index contributed by atoms with van der Waals surface area (Å²) >= 11 is 0. The van der Waals surface area contributed by atoms with E-state index in [2.05, 4.69) is 9.97 Å². The standard InChI is InChI=1S/C18H19F4N5O2/c1-11-10-29-9-8-25(11)15-14(19)16(28)26-7-4-13(18(20,21)22)27(17(26)24-15)12-2-5-23-6-3-12/h2-3,5-6,11,13H,4,7-10H2,1H3. The largest absolute Gasteiger partial charge is 0.409 e. The molecule has 11 heteroatoms. The van der Waals surface area contributed by atoms with E-state index in [-0.39, 0.29) is 36.6 Å². The Morgan fingerprint density at radius 1 is 1.21 bits per heavy atom. The molecule has 2 aromatic rings. The Bertz CT molecular complexity index is 950. The Balaban J connectivity index is 1.91. The smallest absolute Gasteiger partial charge is 0.377 e. The van der Waals surface area contributed by atoms with Crippen LogP contribution in [0.3, 0.4) is 0 Å². The third-order valence-corrected chi connectivity index (χ3v) is 5.19. The zero-order valence-corrected chi connectivity index (χ0v) is 15.6. The first-order chi connectivity index (χ1) is 13.8. The predicted molar refractivity (Wildman–Crippen MR) is 96.9 cm³/mol. The van der Waals surface area contributed by atoms with Crippen molar-refractivity contribution in [2.75, 3.05) is 29.6 Å². The highest BCUT2D eigenvalue weighted by molar-refractivity contribution is 5.61. The summed E-state index contributed by atoms with van der Waals surface area (Å²) in [6.07, 6.45) is -2.25. The fourth-order valence-corrected chi connectivity index (χ4v) is 3.76. The molecular weight excluding hydrogens is 394 g/mol. The van der Waals surface area contributed by atoms with Crippen LogP contribution in [0.25, 0.3) is 0 Å². The van der Waals surface area contributed by atoms with E-state index in [4.69, 9.17) is 4.74 Å². The van der Waals surface area contributed by atoms with Crippen molar-refractivity contribution in [3.63, 3.8) is 0 Å². The van der Waals surface area contributed by atoms with Crippen LogP contribution in [0.1, 0.15) is 13.3 Å². The van der Waals surface area contributed by atoms with Gasteiger partial charge in [0.15, 0.2) is 5.82 Å². The van der Waals surface area contributed by atoms with Gasteiger partial charge in [-0.15, -0.1) is 0 Å². The molecule has 2 atom stereocenters. The summed E-state index contributed by atoms with van der Waals surface area (Å²) in [5.74, 6) is -1.55. The van der Waals surface area contributed by atoms with E-state index in [1.165, 1.54) is 24.5 Å². The average molecular weight is 413 g/mol. The number of rotatable bonds is 2. The van der Waals surface area contributed by atoms with E-state index < -0.39 is 30.0 Å². The summed E-state index contributed by atoms with van der Waals surface area (Å²) < 4.78 is 62.6. The normalized spacial score (nSPS) is 22.5. The highest BCUT2D eigenvalue weighted by atomic mass is 19.4. The van der Waals surface area contributed by atoms with E-state index in [0.717, 1.165) is 9.47 Å². The van der Waals surface area contributed by atoms with Gasteiger partial charge in [-0.2, -0.15) is 22.5 Å². The molecule has 0 aromatic carbocycles. The second-order valence-electron chi connectivity index (χ2n) is 7.05. The molecule has 29 heavy (non-hydrogen) atoms. The Morgan fingerprint density at radius 2 is 1.93 bits per heavy atom. The molecule has 0 spiro atoms. The van der Waals surface area contributed by atoms with Crippen molar-refractivity contribution in [1.29, 1.82) is 0 Å². The van der Waals surface area contributed by atoms with Crippen molar-refractivity contribution in [1.82, 2.24) is 14.5 Å². The van der Waals surface area contributed by atoms with Crippen LogP contribution in [-0.4, -0.2) is 52.6 Å². The van der Waals surface area contributed by atoms with Gasteiger partial charge in [0.2, 0.25) is 11.8 Å². The molecular formula is C18H19F4N5O2. The molecule has 4 rings (SSSR count). The number of nitrogens with zero attached hydrogens (tertiary/aromatic N) is 5. The van der Waals surface area contributed by atoms with Gasteiger partial charge >= 0.3 is 6.18 Å². The van der Waals surface area contributed by atoms with Gasteiger partial charge in [0.25, 0.3) is 5.56 Å². The Hall–Kier alpha value is -2.69. The first-order valence-corrected chi connectivity index (χ1v) is 9.19. The van der Waals surface area contributed by atoms with Crippen LogP contribution in [0.5, 0.6) is 0 Å². The molecule has 0 saturated carbocycles. The minimum absolute atomic E-state index is 0.176. The van der Waals surface area contributed by atoms with Crippen molar-refractivity contribution in [2.24, 2.45) is 0 Å². The van der Waals surface area contributed by atoms with E-state index in [1.54, 1.807) is 11.8 Å². The lowest BCUT2D eigenvalue weighted by atomic mass is 10.1. The van der Waals surface area contributed by atoms with Crippen LogP contribution in [0.4, 0.5) is 35.0 Å². The molecule has 7 nitrogen and oxygen atoms in total. The maximum atomic E-state index is 14.9. The van der Waals surface area contributed by atoms with Crippen molar-refractivity contribution >= 4 is 17.5 Å². The molecule has 0 bridgehead atoms. The summed E-state index contributed by atoms with van der Waals surface area (Å²) in [5.41, 5.74) is -0.807. The Kier molecular flexibility index (Phi) is 4.93. The van der Waals surface area contributed by atoms with Crippen LogP contribution >= 0.6 is 0 Å². The number of hydrogen-bond donors (Lipinski definition) is 0. The van der Waals surface area contributed by atoms with Gasteiger partial charge in [0, 0.05) is 31.2 Å². The fraction of sp³-hybridized carbons (Fsp3) is 0.500. The maximum absolute atomic E-state index is 14.9. The second kappa shape index (κ2) is 7.29. The molecule has 0 N–H and O–H groups in total. The third-order valence-electron chi connectivity index (χ3n) is 5.19. The predicted octanol–water partition coefficient (Wildman–Crippen LogP) is 2.48. The molecule has 156 valence electrons. The Morgan fingerprint density at radius 3 is 2.59 bits per heavy atom. The molecule has 2 unspecified atom stereocenters. The van der Waals surface area contributed by atoms with Crippen molar-refractivity contribution in [3.8, 4) is 0 Å². The highest BCUT2D eigenvalue weighted by Crippen LogP contribution is 2.39. The number of hydrogen-bond acceptors (Lipinski definition) is 6. The van der Waals surface area contributed by atoms with Gasteiger partial charge in [0.1, 0.15) is 6.04 Å². The zero-order chi connectivity index (χ0) is 20.8. The quantitative estimate of drug-likeness (QED) is 0.705. The fourth-order valence-electron chi connectivity index (χ4n) is 3.76. The number of morpholine rings is 1. The van der Waals surface area contributed by atoms with E-state index >= 15 is 0 Å². The van der Waals surface area contributed by atoms with Crippen LogP contribution < -0.4 is 15.4 Å². The molecule has 0 radical (unpaired) electrons. The summed E-state index contributed by atoms with van der Waals surface area (Å²) in [6.45, 7) is 2.40. The van der Waals surface area contributed by atoms with Crippen LogP contribution in [0, 0.1) is 5.82 Å². The van der Waals surface area contributed by atoms with Crippen molar-refractivity contribution in [3.05, 3.63) is 40.7 Å². The molecule has 2 aliphatic rings. The number of aromatic nitrogens is 3. The molecule has 0 amide bonds. The molecule has 2 aromatic heterocycles. The first-order valence-electron chi connectivity index (χ1n) is 9.19. The summed E-state index contributed by atoms with van der Waals surface area (Å²) in [6, 6.07) is 0.642. The molecule has 0 aliphatic carbocycles. The first kappa shape index (κ1) is 19.6. The second-order valence-corrected chi connectivity index (χ2v) is 7.05.